The summed E-state index contributed by atoms with van der Waals surface area (Å²) in [5.41, 5.74) is 3.30. The van der Waals surface area contributed by atoms with Crippen LogP contribution in [0, 0.1) is 0 Å². The molecule has 2 aliphatic carbocycles. The molecule has 1 amide bonds. The number of aromatic nitrogens is 2. The summed E-state index contributed by atoms with van der Waals surface area (Å²) in [6.45, 7) is 11.1. The highest BCUT2D eigenvalue weighted by Gasteiger charge is 2.30. The number of hydrogen-bond acceptors (Lipinski definition) is 9. The molecule has 2 aliphatic heterocycles. The summed E-state index contributed by atoms with van der Waals surface area (Å²) in [7, 11) is 0. The number of piperidine rings is 1. The Hall–Kier alpha value is -2.95. The molecule has 242 valence electrons. The lowest BCUT2D eigenvalue weighted by Gasteiger charge is -2.39. The molecule has 0 spiro atoms. The second-order valence-electron chi connectivity index (χ2n) is 14.2. The molecule has 2 saturated heterocycles. The number of benzene rings is 1. The number of nitrogens with zero attached hydrogens (tertiary/aromatic N) is 4. The summed E-state index contributed by atoms with van der Waals surface area (Å²) in [5, 5.41) is 8.67. The van der Waals surface area contributed by atoms with Crippen molar-refractivity contribution in [3.63, 3.8) is 0 Å². The maximum Gasteiger partial charge on any atom is 0.410 e. The van der Waals surface area contributed by atoms with E-state index in [4.69, 9.17) is 19.4 Å². The molecule has 3 fully saturated rings. The number of nitrogens with one attached hydrogen (secondary N) is 2. The van der Waals surface area contributed by atoms with Crippen LogP contribution in [0.4, 0.5) is 22.2 Å². The fourth-order valence-corrected chi connectivity index (χ4v) is 8.83. The van der Waals surface area contributed by atoms with E-state index < -0.39 is 5.60 Å². The van der Waals surface area contributed by atoms with Crippen LogP contribution in [0.2, 0.25) is 0 Å². The number of thiophene rings is 1. The zero-order valence-corrected chi connectivity index (χ0v) is 27.9. The minimum absolute atomic E-state index is 0.206. The summed E-state index contributed by atoms with van der Waals surface area (Å²) >= 11 is 1.85. The van der Waals surface area contributed by atoms with Gasteiger partial charge in [-0.15, -0.1) is 11.3 Å². The molecule has 1 aromatic carbocycles. The van der Waals surface area contributed by atoms with Gasteiger partial charge in [-0.1, -0.05) is 12.1 Å². The predicted molar refractivity (Wildman–Crippen MR) is 181 cm³/mol. The third kappa shape index (κ3) is 7.08. The minimum Gasteiger partial charge on any atom is -0.444 e. The Morgan fingerprint density at radius 3 is 2.40 bits per heavy atom. The first-order chi connectivity index (χ1) is 21.8. The lowest BCUT2D eigenvalue weighted by atomic mass is 9.89. The van der Waals surface area contributed by atoms with Crippen molar-refractivity contribution in [3.05, 3.63) is 40.3 Å². The minimum atomic E-state index is -0.464. The number of amides is 1. The van der Waals surface area contributed by atoms with Crippen molar-refractivity contribution in [3.8, 4) is 0 Å². The molecular formula is C35H48N6O3S. The van der Waals surface area contributed by atoms with Crippen LogP contribution in [0.15, 0.2) is 24.3 Å². The maximum atomic E-state index is 12.5. The zero-order chi connectivity index (χ0) is 31.0. The van der Waals surface area contributed by atoms with Gasteiger partial charge in [0, 0.05) is 48.8 Å². The second-order valence-corrected chi connectivity index (χ2v) is 15.3. The molecule has 2 N–H and O–H groups in total. The van der Waals surface area contributed by atoms with E-state index in [9.17, 15) is 4.79 Å². The molecule has 4 aliphatic rings. The SMILES string of the molecule is CC(C)(C)OC(=O)N1CCC(c2ccc(Nc3nc(NC4CCC(N5CCOCC5)CC4)c4c5c(sc4n3)CCC5)cc2)CC1. The number of morpholine rings is 1. The largest absolute Gasteiger partial charge is 0.444 e. The van der Waals surface area contributed by atoms with Gasteiger partial charge >= 0.3 is 6.09 Å². The van der Waals surface area contributed by atoms with Crippen LogP contribution in [0.25, 0.3) is 10.2 Å². The predicted octanol–water partition coefficient (Wildman–Crippen LogP) is 7.09. The van der Waals surface area contributed by atoms with Crippen LogP contribution in [0.3, 0.4) is 0 Å². The van der Waals surface area contributed by atoms with Gasteiger partial charge in [0.1, 0.15) is 16.2 Å². The van der Waals surface area contributed by atoms with Gasteiger partial charge < -0.3 is 25.0 Å². The number of rotatable bonds is 6. The number of anilines is 3. The highest BCUT2D eigenvalue weighted by Crippen LogP contribution is 2.41. The van der Waals surface area contributed by atoms with Crippen molar-refractivity contribution in [1.29, 1.82) is 0 Å². The molecule has 3 aromatic rings. The number of likely N-dealkylation sites (tertiary alicyclic amines) is 1. The molecule has 4 heterocycles. The van der Waals surface area contributed by atoms with Crippen molar-refractivity contribution in [1.82, 2.24) is 19.8 Å². The van der Waals surface area contributed by atoms with E-state index in [2.05, 4.69) is 39.8 Å². The topological polar surface area (TPSA) is 91.8 Å². The second kappa shape index (κ2) is 13.0. The van der Waals surface area contributed by atoms with Gasteiger partial charge in [0.05, 0.1) is 18.6 Å². The van der Waals surface area contributed by atoms with Crippen LogP contribution >= 0.6 is 11.3 Å². The third-order valence-electron chi connectivity index (χ3n) is 9.95. The Labute approximate surface area is 271 Å². The molecule has 1 saturated carbocycles. The van der Waals surface area contributed by atoms with E-state index in [1.807, 2.05) is 37.0 Å². The first kappa shape index (κ1) is 30.7. The molecule has 45 heavy (non-hydrogen) atoms. The summed E-state index contributed by atoms with van der Waals surface area (Å²) in [6.07, 6.45) is 9.98. The van der Waals surface area contributed by atoms with E-state index >= 15 is 0 Å². The molecule has 0 atom stereocenters. The van der Waals surface area contributed by atoms with Crippen molar-refractivity contribution in [2.45, 2.75) is 102 Å². The molecule has 0 radical (unpaired) electrons. The standard InChI is InChI=1S/C35H48N6O3S/c1-35(2,3)44-34(42)41-17-15-24(16-18-41)23-7-9-26(10-8-23)37-33-38-31(30-28-5-4-6-29(28)45-32(30)39-33)36-25-11-13-27(14-12-25)40-19-21-43-22-20-40/h7-10,24-25,27H,4-6,11-22H2,1-3H3,(H2,36,37,38,39). The van der Waals surface area contributed by atoms with Gasteiger partial charge in [-0.3, -0.25) is 4.90 Å². The summed E-state index contributed by atoms with van der Waals surface area (Å²) in [5.74, 6) is 2.10. The smallest absolute Gasteiger partial charge is 0.410 e. The van der Waals surface area contributed by atoms with Gasteiger partial charge in [-0.25, -0.2) is 9.78 Å². The average molecular weight is 633 g/mol. The van der Waals surface area contributed by atoms with Crippen LogP contribution < -0.4 is 10.6 Å². The van der Waals surface area contributed by atoms with Gasteiger partial charge in [0.15, 0.2) is 0 Å². The van der Waals surface area contributed by atoms with Gasteiger partial charge in [0.25, 0.3) is 0 Å². The van der Waals surface area contributed by atoms with Gasteiger partial charge in [0.2, 0.25) is 5.95 Å². The van der Waals surface area contributed by atoms with Gasteiger partial charge in [-0.2, -0.15) is 4.98 Å². The first-order valence-electron chi connectivity index (χ1n) is 17.0. The van der Waals surface area contributed by atoms with Crippen LogP contribution in [-0.4, -0.2) is 82.9 Å². The normalized spacial score (nSPS) is 23.2. The molecule has 9 nitrogen and oxygen atoms in total. The van der Waals surface area contributed by atoms with Crippen molar-refractivity contribution in [2.24, 2.45) is 0 Å². The van der Waals surface area contributed by atoms with Crippen molar-refractivity contribution in [2.75, 3.05) is 50.0 Å². The van der Waals surface area contributed by atoms with Crippen molar-refractivity contribution >= 4 is 45.1 Å². The lowest BCUT2D eigenvalue weighted by molar-refractivity contribution is 0.00791. The lowest BCUT2D eigenvalue weighted by Crippen LogP contribution is -2.46. The summed E-state index contributed by atoms with van der Waals surface area (Å²) in [4.78, 5) is 29.7. The van der Waals surface area contributed by atoms with Gasteiger partial charge in [-0.05, 0) is 108 Å². The van der Waals surface area contributed by atoms with Crippen LogP contribution in [0.5, 0.6) is 0 Å². The third-order valence-corrected chi connectivity index (χ3v) is 11.1. The molecule has 0 bridgehead atoms. The Balaban J connectivity index is 1.01. The highest BCUT2D eigenvalue weighted by molar-refractivity contribution is 7.19. The van der Waals surface area contributed by atoms with E-state index in [-0.39, 0.29) is 6.09 Å². The summed E-state index contributed by atoms with van der Waals surface area (Å²) < 4.78 is 11.2. The van der Waals surface area contributed by atoms with E-state index in [0.717, 1.165) is 81.4 Å². The van der Waals surface area contributed by atoms with Crippen LogP contribution in [-0.2, 0) is 22.3 Å². The number of ether oxygens (including phenoxy) is 2. The molecular weight excluding hydrogens is 584 g/mol. The maximum absolute atomic E-state index is 12.5. The fourth-order valence-electron chi connectivity index (χ4n) is 7.57. The Morgan fingerprint density at radius 2 is 1.69 bits per heavy atom. The summed E-state index contributed by atoms with van der Waals surface area (Å²) in [6, 6.07) is 9.81. The quantitative estimate of drug-likeness (QED) is 0.298. The molecule has 0 unspecified atom stereocenters. The molecule has 2 aromatic heterocycles. The zero-order valence-electron chi connectivity index (χ0n) is 27.1. The Morgan fingerprint density at radius 1 is 0.956 bits per heavy atom. The fraction of sp³-hybridized carbons (Fsp3) is 0.629. The Bertz CT molecular complexity index is 1480. The Kier molecular flexibility index (Phi) is 8.90. The number of hydrogen-bond donors (Lipinski definition) is 2. The van der Waals surface area contributed by atoms with E-state index in [0.29, 0.717) is 23.9 Å². The number of aryl methyl sites for hydroxylation is 2. The first-order valence-corrected chi connectivity index (χ1v) is 17.9. The van der Waals surface area contributed by atoms with Crippen molar-refractivity contribution < 1.29 is 14.3 Å². The van der Waals surface area contributed by atoms with E-state index in [1.54, 1.807) is 0 Å². The number of fused-ring (bicyclic) bond motifs is 3. The molecule has 10 heteroatoms. The molecule has 7 rings (SSSR count). The average Bonchev–Trinajstić information content (AvgIpc) is 3.63. The number of carbonyl (C=O) groups is 1. The van der Waals surface area contributed by atoms with E-state index in [1.165, 1.54) is 53.5 Å². The monoisotopic (exact) mass is 632 g/mol. The highest BCUT2D eigenvalue weighted by atomic mass is 32.1. The number of carbonyl (C=O) groups excluding carboxylic acids is 1. The van der Waals surface area contributed by atoms with Crippen LogP contribution in [0.1, 0.15) is 87.6 Å².